The molecule has 3 atom stereocenters. The Labute approximate surface area is 509 Å². The Morgan fingerprint density at radius 1 is 0.635 bits per heavy atom. The van der Waals surface area contributed by atoms with Crippen LogP contribution >= 0.6 is 23.4 Å². The average molecular weight is 1230 g/mol. The van der Waals surface area contributed by atoms with Gasteiger partial charge in [-0.05, 0) is 81.0 Å². The third kappa shape index (κ3) is 25.3. The molecule has 8 N–H and O–H groups in total. The van der Waals surface area contributed by atoms with Crippen LogP contribution in [0.2, 0.25) is 5.02 Å². The molecule has 0 radical (unpaired) electrons. The summed E-state index contributed by atoms with van der Waals surface area (Å²) in [6.07, 6.45) is 9.20. The number of aromatic amines is 1. The number of halogens is 1. The Kier molecular flexibility index (Phi) is 32.8. The molecule has 85 heavy (non-hydrogen) atoms. The van der Waals surface area contributed by atoms with Crippen LogP contribution in [0.25, 0.3) is 21.8 Å². The zero-order valence-electron chi connectivity index (χ0n) is 50.1. The number of benzene rings is 2. The summed E-state index contributed by atoms with van der Waals surface area (Å²) in [6.45, 7) is 14.0. The number of hydrogen-bond acceptors (Lipinski definition) is 17. The molecule has 0 unspecified atom stereocenters. The molecular weight excluding hydrogens is 1140 g/mol. The molecular formula is C60H93ClN10O13S. The van der Waals surface area contributed by atoms with Gasteiger partial charge in [-0.2, -0.15) is 11.8 Å². The highest BCUT2D eigenvalue weighted by atomic mass is 35.5. The molecule has 4 aromatic rings. The SMILES string of the molecule is Cc1cccc(Cl)c1Nc1nc2ccc3c(C)c(CNCCOCCOCCOCCOCCOCCOCCOCCOCCNC(=O)CCCCCNC(=O)CCCCCNC(=O)CCCC[C@@H]4SC[C@@H]5NC(=O)N[C@@H]54)[nH]c(=O)c3c2n1C. The molecule has 0 bridgehead atoms. The number of unbranched alkanes of at least 4 members (excludes halogenated alkanes) is 5. The lowest BCUT2D eigenvalue weighted by Gasteiger charge is -2.16. The van der Waals surface area contributed by atoms with E-state index in [9.17, 15) is 24.0 Å². The number of amides is 5. The van der Waals surface area contributed by atoms with Crippen LogP contribution in [0, 0.1) is 13.8 Å². The molecule has 4 heterocycles. The van der Waals surface area contributed by atoms with Crippen LogP contribution in [0.4, 0.5) is 16.4 Å². The maximum absolute atomic E-state index is 13.5. The zero-order chi connectivity index (χ0) is 60.3. The number of fused-ring (bicyclic) bond motifs is 4. The summed E-state index contributed by atoms with van der Waals surface area (Å²) in [5.74, 6) is 1.65. The summed E-state index contributed by atoms with van der Waals surface area (Å²) in [6, 6.07) is 10.00. The number of aromatic nitrogens is 3. The minimum absolute atomic E-state index is 0.00996. The number of ether oxygens (including phenoxy) is 8. The first-order valence-electron chi connectivity index (χ1n) is 30.3. The van der Waals surface area contributed by atoms with E-state index in [0.29, 0.717) is 185 Å². The number of H-pyrrole nitrogens is 1. The summed E-state index contributed by atoms with van der Waals surface area (Å²) in [5, 5.41) is 24.0. The lowest BCUT2D eigenvalue weighted by atomic mass is 10.0. The van der Waals surface area contributed by atoms with Gasteiger partial charge in [0.2, 0.25) is 23.7 Å². The van der Waals surface area contributed by atoms with E-state index in [1.807, 2.05) is 67.6 Å². The maximum atomic E-state index is 13.5. The van der Waals surface area contributed by atoms with Crippen LogP contribution in [0.5, 0.6) is 0 Å². The highest BCUT2D eigenvalue weighted by molar-refractivity contribution is 8.00. The fraction of sp³-hybridized carbons (Fsp3) is 0.667. The molecule has 6 rings (SSSR count). The van der Waals surface area contributed by atoms with E-state index in [4.69, 9.17) is 54.5 Å². The Bertz CT molecular complexity index is 2680. The molecule has 2 fully saturated rings. The van der Waals surface area contributed by atoms with Gasteiger partial charge in [0.25, 0.3) is 5.56 Å². The van der Waals surface area contributed by atoms with Crippen LogP contribution in [-0.2, 0) is 65.9 Å². The highest BCUT2D eigenvalue weighted by Gasteiger charge is 2.42. The van der Waals surface area contributed by atoms with Crippen molar-refractivity contribution in [3.05, 3.63) is 62.5 Å². The zero-order valence-corrected chi connectivity index (χ0v) is 51.7. The molecule has 2 aliphatic rings. The molecule has 2 saturated heterocycles. The maximum Gasteiger partial charge on any atom is 0.315 e. The molecule has 474 valence electrons. The summed E-state index contributed by atoms with van der Waals surface area (Å²) < 4.78 is 46.5. The van der Waals surface area contributed by atoms with Gasteiger partial charge in [0.1, 0.15) is 0 Å². The summed E-state index contributed by atoms with van der Waals surface area (Å²) in [4.78, 5) is 69.4. The fourth-order valence-corrected chi connectivity index (χ4v) is 11.7. The number of carbonyl (C=O) groups is 4. The van der Waals surface area contributed by atoms with Gasteiger partial charge in [0, 0.05) is 75.7 Å². The second-order valence-corrected chi connectivity index (χ2v) is 22.8. The van der Waals surface area contributed by atoms with E-state index < -0.39 is 0 Å². The fourth-order valence-electron chi connectivity index (χ4n) is 9.93. The Morgan fingerprint density at radius 2 is 1.15 bits per heavy atom. The van der Waals surface area contributed by atoms with Crippen molar-refractivity contribution in [1.82, 2.24) is 46.4 Å². The van der Waals surface area contributed by atoms with Crippen LogP contribution in [-0.4, -0.2) is 193 Å². The Hall–Kier alpha value is -5.12. The number of para-hydroxylation sites is 1. The second-order valence-electron chi connectivity index (χ2n) is 21.1. The van der Waals surface area contributed by atoms with Gasteiger partial charge in [0.15, 0.2) is 0 Å². The normalized spacial score (nSPS) is 15.6. The van der Waals surface area contributed by atoms with Gasteiger partial charge in [0.05, 0.1) is 145 Å². The van der Waals surface area contributed by atoms with Gasteiger partial charge in [-0.1, -0.05) is 49.1 Å². The van der Waals surface area contributed by atoms with Crippen molar-refractivity contribution in [2.45, 2.75) is 115 Å². The van der Waals surface area contributed by atoms with Crippen molar-refractivity contribution >= 4 is 80.6 Å². The van der Waals surface area contributed by atoms with Crippen LogP contribution in [0.3, 0.4) is 0 Å². The molecule has 2 aliphatic heterocycles. The van der Waals surface area contributed by atoms with E-state index >= 15 is 0 Å². The molecule has 0 spiro atoms. The minimum atomic E-state index is -0.168. The highest BCUT2D eigenvalue weighted by Crippen LogP contribution is 2.34. The quantitative estimate of drug-likeness (QED) is 0.0190. The van der Waals surface area contributed by atoms with Crippen LogP contribution in [0.15, 0.2) is 35.1 Å². The minimum Gasteiger partial charge on any atom is -0.378 e. The Morgan fingerprint density at radius 3 is 1.71 bits per heavy atom. The number of hydrogen-bond donors (Lipinski definition) is 8. The molecule has 0 saturated carbocycles. The van der Waals surface area contributed by atoms with Gasteiger partial charge in [-0.25, -0.2) is 9.78 Å². The predicted molar refractivity (Wildman–Crippen MR) is 331 cm³/mol. The molecule has 5 amide bonds. The van der Waals surface area contributed by atoms with Crippen molar-refractivity contribution in [3.63, 3.8) is 0 Å². The van der Waals surface area contributed by atoms with Crippen LogP contribution in [0.1, 0.15) is 93.9 Å². The molecule has 2 aromatic carbocycles. The number of thioether (sulfide) groups is 1. The van der Waals surface area contributed by atoms with Crippen molar-refractivity contribution in [3.8, 4) is 0 Å². The molecule has 0 aliphatic carbocycles. The summed E-state index contributed by atoms with van der Waals surface area (Å²) in [5.41, 5.74) is 4.89. The number of pyridine rings is 1. The topological polar surface area (TPSA) is 277 Å². The number of nitrogens with one attached hydrogen (secondary N) is 8. The number of imidazole rings is 1. The summed E-state index contributed by atoms with van der Waals surface area (Å²) >= 11 is 8.37. The smallest absolute Gasteiger partial charge is 0.315 e. The van der Waals surface area contributed by atoms with Gasteiger partial charge >= 0.3 is 6.03 Å². The van der Waals surface area contributed by atoms with Gasteiger partial charge < -0.3 is 84.7 Å². The number of carbonyl (C=O) groups excluding carboxylic acids is 4. The van der Waals surface area contributed by atoms with Gasteiger partial charge in [-0.15, -0.1) is 0 Å². The first-order chi connectivity index (χ1) is 41.5. The Balaban J connectivity index is 0.606. The van der Waals surface area contributed by atoms with Crippen molar-refractivity contribution < 1.29 is 57.1 Å². The van der Waals surface area contributed by atoms with E-state index in [1.54, 1.807) is 0 Å². The van der Waals surface area contributed by atoms with E-state index in [2.05, 4.69) is 42.2 Å². The molecule has 2 aromatic heterocycles. The lowest BCUT2D eigenvalue weighted by molar-refractivity contribution is -0.122. The first-order valence-corrected chi connectivity index (χ1v) is 31.8. The van der Waals surface area contributed by atoms with E-state index in [0.717, 1.165) is 97.0 Å². The number of nitrogens with zero attached hydrogens (tertiary/aromatic N) is 2. The number of rotatable bonds is 48. The first kappa shape index (κ1) is 69.0. The third-order valence-corrected chi connectivity index (χ3v) is 16.5. The second kappa shape index (κ2) is 40.4. The van der Waals surface area contributed by atoms with Crippen LogP contribution < -0.4 is 42.8 Å². The van der Waals surface area contributed by atoms with E-state index in [-0.39, 0.29) is 41.4 Å². The summed E-state index contributed by atoms with van der Waals surface area (Å²) in [7, 11) is 1.89. The van der Waals surface area contributed by atoms with Crippen molar-refractivity contribution in [1.29, 1.82) is 0 Å². The standard InChI is InChI=1S/C60H93ClN10O13S/c1-43-13-12-14-46(61)55(43)69-59-67-47-20-19-45-44(2)48(66-58(75)54(45)57(47)71(59)3)41-62-23-25-77-27-29-79-31-33-81-35-37-83-39-40-84-38-36-82-34-32-80-30-28-78-26-24-65-53(74)17-7-5-11-21-63-51(72)16-6-4-10-22-64-52(73)18-9-8-15-50-56-49(42-85-50)68-60(76)70-56/h12-14,19-20,49-50,56,62H,4-11,15-18,21-42H2,1-3H3,(H,63,72)(H,64,73)(H,65,74)(H,66,75)(H,67,69)(H2,68,70,76)/t49-,50-,56-/m0/s1. The monoisotopic (exact) mass is 1230 g/mol. The lowest BCUT2D eigenvalue weighted by Crippen LogP contribution is -2.36. The van der Waals surface area contributed by atoms with Crippen molar-refractivity contribution in [2.24, 2.45) is 7.05 Å². The average Bonchev–Trinajstić information content (AvgIpc) is 1.83. The predicted octanol–water partition coefficient (Wildman–Crippen LogP) is 5.85. The van der Waals surface area contributed by atoms with Gasteiger partial charge in [-0.3, -0.25) is 19.2 Å². The molecule has 23 nitrogen and oxygen atoms in total. The number of aryl methyl sites for hydroxylation is 3. The van der Waals surface area contributed by atoms with Crippen molar-refractivity contribution in [2.75, 3.05) is 143 Å². The largest absolute Gasteiger partial charge is 0.378 e. The molecule has 25 heteroatoms. The third-order valence-electron chi connectivity index (χ3n) is 14.6. The van der Waals surface area contributed by atoms with E-state index in [1.165, 1.54) is 0 Å². The number of urea groups is 1. The number of anilines is 2.